The molecule has 4 nitrogen and oxygen atoms in total. The first-order valence-corrected chi connectivity index (χ1v) is 7.38. The molecule has 1 N–H and O–H groups in total. The van der Waals surface area contributed by atoms with Crippen molar-refractivity contribution in [2.24, 2.45) is 0 Å². The lowest BCUT2D eigenvalue weighted by Crippen LogP contribution is -2.23. The van der Waals surface area contributed by atoms with Crippen LogP contribution in [-0.2, 0) is 17.9 Å². The first-order valence-electron chi connectivity index (χ1n) is 7.38. The molecule has 0 amide bonds. The topological polar surface area (TPSA) is 37.6 Å². The lowest BCUT2D eigenvalue weighted by molar-refractivity contribution is 0.0867. The van der Waals surface area contributed by atoms with Crippen molar-refractivity contribution in [3.8, 4) is 0 Å². The minimum absolute atomic E-state index is 0.584. The second kappa shape index (κ2) is 7.68. The van der Waals surface area contributed by atoms with Crippen molar-refractivity contribution in [2.45, 2.75) is 39.8 Å². The van der Waals surface area contributed by atoms with Gasteiger partial charge in [0.2, 0.25) is 0 Å². The third-order valence-corrected chi connectivity index (χ3v) is 3.60. The molecule has 1 aromatic rings. The lowest BCUT2D eigenvalue weighted by atomic mass is 10.2. The molecule has 0 saturated carbocycles. The molecule has 0 atom stereocenters. The van der Waals surface area contributed by atoms with E-state index in [-0.39, 0.29) is 0 Å². The summed E-state index contributed by atoms with van der Waals surface area (Å²) in [6.45, 7) is 10.8. The average molecular weight is 266 g/mol. The number of aryl methyl sites for hydroxylation is 1. The Morgan fingerprint density at radius 1 is 1.37 bits per heavy atom. The van der Waals surface area contributed by atoms with Crippen LogP contribution in [-0.4, -0.2) is 37.7 Å². The molecule has 2 rings (SSSR count). The highest BCUT2D eigenvalue weighted by molar-refractivity contribution is 5.19. The van der Waals surface area contributed by atoms with E-state index in [1.807, 2.05) is 0 Å². The van der Waals surface area contributed by atoms with Crippen LogP contribution in [0.25, 0.3) is 0 Å². The molecule has 1 aliphatic heterocycles. The molecule has 4 heteroatoms. The van der Waals surface area contributed by atoms with E-state index in [1.54, 1.807) is 0 Å². The summed E-state index contributed by atoms with van der Waals surface area (Å²) >= 11 is 0. The van der Waals surface area contributed by atoms with Crippen molar-refractivity contribution >= 4 is 0 Å². The van der Waals surface area contributed by atoms with Gasteiger partial charge in [0, 0.05) is 6.54 Å². The number of nitrogens with one attached hydrogen (secondary N) is 1. The summed E-state index contributed by atoms with van der Waals surface area (Å²) in [5.41, 5.74) is 1.21. The van der Waals surface area contributed by atoms with Crippen LogP contribution in [0, 0.1) is 6.92 Å². The van der Waals surface area contributed by atoms with Crippen molar-refractivity contribution in [1.29, 1.82) is 0 Å². The van der Waals surface area contributed by atoms with E-state index in [1.165, 1.54) is 31.5 Å². The zero-order valence-electron chi connectivity index (χ0n) is 12.2. The highest BCUT2D eigenvalue weighted by atomic mass is 16.5. The molecule has 0 spiro atoms. The molecule has 0 bridgehead atoms. The molecular formula is C15H26N2O2. The predicted molar refractivity (Wildman–Crippen MR) is 76.2 cm³/mol. The SMILES string of the molecule is CCNCc1oc(COCCN2CCCC2)cc1C. The van der Waals surface area contributed by atoms with Crippen LogP contribution in [0.15, 0.2) is 10.5 Å². The maximum absolute atomic E-state index is 5.79. The van der Waals surface area contributed by atoms with Crippen LogP contribution in [0.1, 0.15) is 36.8 Å². The van der Waals surface area contributed by atoms with Gasteiger partial charge in [0.1, 0.15) is 18.1 Å². The van der Waals surface area contributed by atoms with Gasteiger partial charge >= 0.3 is 0 Å². The van der Waals surface area contributed by atoms with E-state index in [0.29, 0.717) is 6.61 Å². The summed E-state index contributed by atoms with van der Waals surface area (Å²) in [5.74, 6) is 1.96. The summed E-state index contributed by atoms with van der Waals surface area (Å²) in [5, 5.41) is 3.28. The van der Waals surface area contributed by atoms with E-state index in [0.717, 1.165) is 37.8 Å². The standard InChI is InChI=1S/C15H26N2O2/c1-3-16-11-15-13(2)10-14(19-15)12-18-9-8-17-6-4-5-7-17/h10,16H,3-9,11-12H2,1-2H3. The summed E-state index contributed by atoms with van der Waals surface area (Å²) in [4.78, 5) is 2.46. The van der Waals surface area contributed by atoms with Crippen LogP contribution < -0.4 is 5.32 Å². The molecule has 1 fully saturated rings. The van der Waals surface area contributed by atoms with Crippen molar-refractivity contribution in [3.05, 3.63) is 23.2 Å². The number of rotatable bonds is 8. The Balaban J connectivity index is 1.67. The number of likely N-dealkylation sites (tertiary alicyclic amines) is 1. The molecule has 19 heavy (non-hydrogen) atoms. The maximum atomic E-state index is 5.79. The fraction of sp³-hybridized carbons (Fsp3) is 0.733. The first kappa shape index (κ1) is 14.6. The third kappa shape index (κ3) is 4.64. The fourth-order valence-electron chi connectivity index (χ4n) is 2.45. The summed E-state index contributed by atoms with van der Waals surface area (Å²) in [7, 11) is 0. The minimum atomic E-state index is 0.584. The summed E-state index contributed by atoms with van der Waals surface area (Å²) < 4.78 is 11.5. The molecule has 108 valence electrons. The van der Waals surface area contributed by atoms with Gasteiger partial charge in [0.25, 0.3) is 0 Å². The second-order valence-electron chi connectivity index (χ2n) is 5.20. The van der Waals surface area contributed by atoms with Crippen LogP contribution in [0.4, 0.5) is 0 Å². The van der Waals surface area contributed by atoms with Gasteiger partial charge in [-0.2, -0.15) is 0 Å². The van der Waals surface area contributed by atoms with Crippen molar-refractivity contribution < 1.29 is 9.15 Å². The van der Waals surface area contributed by atoms with E-state index in [9.17, 15) is 0 Å². The first-order chi connectivity index (χ1) is 9.29. The normalized spacial score (nSPS) is 16.3. The highest BCUT2D eigenvalue weighted by Gasteiger charge is 2.11. The molecule has 1 saturated heterocycles. The van der Waals surface area contributed by atoms with Gasteiger partial charge in [-0.15, -0.1) is 0 Å². The van der Waals surface area contributed by atoms with E-state index < -0.39 is 0 Å². The van der Waals surface area contributed by atoms with Gasteiger partial charge in [-0.25, -0.2) is 0 Å². The van der Waals surface area contributed by atoms with Gasteiger partial charge in [-0.1, -0.05) is 6.92 Å². The Bertz CT molecular complexity index is 370. The molecule has 1 aromatic heterocycles. The van der Waals surface area contributed by atoms with E-state index in [4.69, 9.17) is 9.15 Å². The zero-order valence-corrected chi connectivity index (χ0v) is 12.2. The second-order valence-corrected chi connectivity index (χ2v) is 5.20. The van der Waals surface area contributed by atoms with Crippen LogP contribution in [0.2, 0.25) is 0 Å². The Hall–Kier alpha value is -0.840. The van der Waals surface area contributed by atoms with Crippen molar-refractivity contribution in [1.82, 2.24) is 10.2 Å². The monoisotopic (exact) mass is 266 g/mol. The predicted octanol–water partition coefficient (Wildman–Crippen LogP) is 2.31. The van der Waals surface area contributed by atoms with Gasteiger partial charge in [-0.3, -0.25) is 0 Å². The van der Waals surface area contributed by atoms with Gasteiger partial charge in [0.05, 0.1) is 13.2 Å². The lowest BCUT2D eigenvalue weighted by Gasteiger charge is -2.13. The third-order valence-electron chi connectivity index (χ3n) is 3.60. The largest absolute Gasteiger partial charge is 0.462 e. The molecule has 0 aliphatic carbocycles. The molecule has 0 aromatic carbocycles. The zero-order chi connectivity index (χ0) is 13.5. The van der Waals surface area contributed by atoms with E-state index in [2.05, 4.69) is 30.1 Å². The van der Waals surface area contributed by atoms with Gasteiger partial charge in [0.15, 0.2) is 0 Å². The molecule has 0 radical (unpaired) electrons. The summed E-state index contributed by atoms with van der Waals surface area (Å²) in [6, 6.07) is 2.09. The van der Waals surface area contributed by atoms with Gasteiger partial charge in [-0.05, 0) is 51.0 Å². The fourth-order valence-corrected chi connectivity index (χ4v) is 2.45. The van der Waals surface area contributed by atoms with Crippen LogP contribution in [0.5, 0.6) is 0 Å². The smallest absolute Gasteiger partial charge is 0.130 e. The van der Waals surface area contributed by atoms with Crippen LogP contribution >= 0.6 is 0 Å². The quantitative estimate of drug-likeness (QED) is 0.733. The molecule has 0 unspecified atom stereocenters. The Morgan fingerprint density at radius 2 is 2.16 bits per heavy atom. The molecular weight excluding hydrogens is 240 g/mol. The van der Waals surface area contributed by atoms with Crippen molar-refractivity contribution in [3.63, 3.8) is 0 Å². The number of nitrogens with zero attached hydrogens (tertiary/aromatic N) is 1. The molecule has 1 aliphatic rings. The summed E-state index contributed by atoms with van der Waals surface area (Å²) in [6.07, 6.45) is 2.68. The Morgan fingerprint density at radius 3 is 2.89 bits per heavy atom. The number of hydrogen-bond donors (Lipinski definition) is 1. The number of furan rings is 1. The van der Waals surface area contributed by atoms with Crippen LogP contribution in [0.3, 0.4) is 0 Å². The maximum Gasteiger partial charge on any atom is 0.130 e. The van der Waals surface area contributed by atoms with E-state index >= 15 is 0 Å². The Labute approximate surface area is 116 Å². The molecule has 2 heterocycles. The minimum Gasteiger partial charge on any atom is -0.462 e. The average Bonchev–Trinajstić information content (AvgIpc) is 3.02. The van der Waals surface area contributed by atoms with Gasteiger partial charge < -0.3 is 19.4 Å². The Kier molecular flexibility index (Phi) is 5.89. The van der Waals surface area contributed by atoms with Crippen molar-refractivity contribution in [2.75, 3.05) is 32.8 Å². The number of ether oxygens (including phenoxy) is 1. The highest BCUT2D eigenvalue weighted by Crippen LogP contribution is 2.15. The number of hydrogen-bond acceptors (Lipinski definition) is 4.